The molecule has 90 valence electrons. The first-order chi connectivity index (χ1) is 7.74. The van der Waals surface area contributed by atoms with Crippen molar-refractivity contribution in [1.82, 2.24) is 4.98 Å². The third-order valence-corrected chi connectivity index (χ3v) is 4.42. The maximum atomic E-state index is 5.79. The summed E-state index contributed by atoms with van der Waals surface area (Å²) in [5.74, 6) is 0.492. The Morgan fingerprint density at radius 3 is 3.12 bits per heavy atom. The molecule has 1 aliphatic rings. The van der Waals surface area contributed by atoms with Crippen molar-refractivity contribution >= 4 is 11.3 Å². The third-order valence-electron chi connectivity index (χ3n) is 3.26. The molecule has 1 aromatic heterocycles. The van der Waals surface area contributed by atoms with Gasteiger partial charge in [-0.3, -0.25) is 0 Å². The number of hydrogen-bond donors (Lipinski definition) is 1. The summed E-state index contributed by atoms with van der Waals surface area (Å²) < 4.78 is 5.28. The first kappa shape index (κ1) is 12.0. The van der Waals surface area contributed by atoms with Crippen LogP contribution in [0.25, 0.3) is 0 Å². The van der Waals surface area contributed by atoms with E-state index in [0.717, 1.165) is 13.0 Å². The summed E-state index contributed by atoms with van der Waals surface area (Å²) in [4.78, 5) is 6.21. The third kappa shape index (κ3) is 2.44. The van der Waals surface area contributed by atoms with Crippen LogP contribution in [0.15, 0.2) is 0 Å². The molecule has 2 rings (SSSR count). The second kappa shape index (κ2) is 5.25. The lowest BCUT2D eigenvalue weighted by Crippen LogP contribution is -2.17. The second-order valence-corrected chi connectivity index (χ2v) is 5.66. The van der Waals surface area contributed by atoms with Crippen molar-refractivity contribution in [3.63, 3.8) is 0 Å². The number of aromatic nitrogens is 1. The van der Waals surface area contributed by atoms with Gasteiger partial charge in [-0.25, -0.2) is 4.98 Å². The minimum atomic E-state index is 0.254. The number of aryl methyl sites for hydroxylation is 1. The normalized spacial score (nSPS) is 21.8. The summed E-state index contributed by atoms with van der Waals surface area (Å²) in [5.41, 5.74) is 7.07. The first-order valence-corrected chi connectivity index (χ1v) is 6.77. The fraction of sp³-hybridized carbons (Fsp3) is 0.750. The summed E-state index contributed by atoms with van der Waals surface area (Å²) in [6.07, 6.45) is 4.82. The maximum absolute atomic E-state index is 5.79. The van der Waals surface area contributed by atoms with Crippen molar-refractivity contribution in [2.24, 2.45) is 5.73 Å². The van der Waals surface area contributed by atoms with Gasteiger partial charge in [-0.1, -0.05) is 0 Å². The summed E-state index contributed by atoms with van der Waals surface area (Å²) in [7, 11) is 1.75. The van der Waals surface area contributed by atoms with Gasteiger partial charge in [-0.15, -0.1) is 11.3 Å². The smallest absolute Gasteiger partial charge is 0.0956 e. The number of hydrogen-bond acceptors (Lipinski definition) is 4. The van der Waals surface area contributed by atoms with Gasteiger partial charge in [-0.2, -0.15) is 0 Å². The molecule has 2 atom stereocenters. The van der Waals surface area contributed by atoms with Crippen LogP contribution in [0.3, 0.4) is 0 Å². The van der Waals surface area contributed by atoms with E-state index in [1.54, 1.807) is 7.11 Å². The van der Waals surface area contributed by atoms with E-state index < -0.39 is 0 Å². The molecule has 4 heteroatoms. The van der Waals surface area contributed by atoms with Gasteiger partial charge in [0.2, 0.25) is 0 Å². The minimum Gasteiger partial charge on any atom is -0.381 e. The monoisotopic (exact) mass is 240 g/mol. The molecular formula is C12H20N2OS. The molecule has 0 spiro atoms. The number of ether oxygens (including phenoxy) is 1. The number of methoxy groups -OCH3 is 1. The Balaban J connectivity index is 2.15. The molecule has 2 N–H and O–H groups in total. The Kier molecular flexibility index (Phi) is 3.95. The zero-order valence-corrected chi connectivity index (χ0v) is 10.8. The SMILES string of the molecule is COC(C)Cc1nc2c(s1)CCCC2CN. The Labute approximate surface area is 101 Å². The van der Waals surface area contributed by atoms with E-state index in [0.29, 0.717) is 5.92 Å². The standard InChI is InChI=1S/C12H20N2OS/c1-8(15-2)6-11-14-12-9(7-13)4-3-5-10(12)16-11/h8-9H,3-7,13H2,1-2H3. The maximum Gasteiger partial charge on any atom is 0.0956 e. The molecule has 1 aromatic rings. The van der Waals surface area contributed by atoms with E-state index in [-0.39, 0.29) is 6.10 Å². The number of nitrogens with zero attached hydrogens (tertiary/aromatic N) is 1. The van der Waals surface area contributed by atoms with Crippen LogP contribution in [-0.2, 0) is 17.6 Å². The quantitative estimate of drug-likeness (QED) is 0.876. The van der Waals surface area contributed by atoms with Crippen molar-refractivity contribution in [3.8, 4) is 0 Å². The van der Waals surface area contributed by atoms with E-state index in [2.05, 4.69) is 6.92 Å². The fourth-order valence-corrected chi connectivity index (χ4v) is 3.51. The van der Waals surface area contributed by atoms with Crippen LogP contribution in [0.2, 0.25) is 0 Å². The lowest BCUT2D eigenvalue weighted by Gasteiger charge is -2.18. The van der Waals surface area contributed by atoms with Crippen molar-refractivity contribution in [2.45, 2.75) is 44.6 Å². The van der Waals surface area contributed by atoms with Crippen LogP contribution < -0.4 is 5.73 Å². The molecule has 1 aliphatic carbocycles. The molecule has 0 saturated heterocycles. The highest BCUT2D eigenvalue weighted by Crippen LogP contribution is 2.34. The number of thiazole rings is 1. The Bertz CT molecular complexity index is 351. The highest BCUT2D eigenvalue weighted by molar-refractivity contribution is 7.11. The molecule has 16 heavy (non-hydrogen) atoms. The van der Waals surface area contributed by atoms with Crippen LogP contribution in [0.5, 0.6) is 0 Å². The summed E-state index contributed by atoms with van der Waals surface area (Å²) in [6, 6.07) is 0. The van der Waals surface area contributed by atoms with Crippen LogP contribution in [0.1, 0.15) is 41.3 Å². The number of fused-ring (bicyclic) bond motifs is 1. The molecule has 0 aromatic carbocycles. The molecule has 0 bridgehead atoms. The summed E-state index contributed by atoms with van der Waals surface area (Å²) in [5, 5.41) is 1.21. The molecule has 0 saturated carbocycles. The molecule has 0 amide bonds. The Morgan fingerprint density at radius 2 is 2.44 bits per heavy atom. The molecule has 2 unspecified atom stereocenters. The van der Waals surface area contributed by atoms with Crippen LogP contribution in [-0.4, -0.2) is 24.7 Å². The molecule has 3 nitrogen and oxygen atoms in total. The molecular weight excluding hydrogens is 220 g/mol. The predicted octanol–water partition coefficient (Wildman–Crippen LogP) is 2.10. The zero-order chi connectivity index (χ0) is 11.5. The molecule has 1 heterocycles. The molecule has 0 aliphatic heterocycles. The first-order valence-electron chi connectivity index (χ1n) is 5.96. The van der Waals surface area contributed by atoms with E-state index in [4.69, 9.17) is 15.5 Å². The van der Waals surface area contributed by atoms with Crippen LogP contribution in [0.4, 0.5) is 0 Å². The van der Waals surface area contributed by atoms with Gasteiger partial charge in [0, 0.05) is 30.9 Å². The van der Waals surface area contributed by atoms with Crippen molar-refractivity contribution in [1.29, 1.82) is 0 Å². The van der Waals surface area contributed by atoms with Gasteiger partial charge in [-0.05, 0) is 26.2 Å². The Morgan fingerprint density at radius 1 is 1.62 bits per heavy atom. The van der Waals surface area contributed by atoms with E-state index >= 15 is 0 Å². The lowest BCUT2D eigenvalue weighted by molar-refractivity contribution is 0.118. The van der Waals surface area contributed by atoms with Gasteiger partial charge in [0.05, 0.1) is 16.8 Å². The highest BCUT2D eigenvalue weighted by atomic mass is 32.1. The van der Waals surface area contributed by atoms with Crippen molar-refractivity contribution < 1.29 is 4.74 Å². The average molecular weight is 240 g/mol. The molecule has 0 radical (unpaired) electrons. The van der Waals surface area contributed by atoms with Crippen molar-refractivity contribution in [2.75, 3.05) is 13.7 Å². The predicted molar refractivity (Wildman–Crippen MR) is 67.0 cm³/mol. The van der Waals surface area contributed by atoms with E-state index in [9.17, 15) is 0 Å². The average Bonchev–Trinajstić information content (AvgIpc) is 2.70. The number of nitrogens with two attached hydrogens (primary N) is 1. The minimum absolute atomic E-state index is 0.254. The van der Waals surface area contributed by atoms with Crippen molar-refractivity contribution in [3.05, 3.63) is 15.6 Å². The van der Waals surface area contributed by atoms with E-state index in [1.807, 2.05) is 11.3 Å². The fourth-order valence-electron chi connectivity index (χ4n) is 2.20. The van der Waals surface area contributed by atoms with Gasteiger partial charge in [0.1, 0.15) is 0 Å². The van der Waals surface area contributed by atoms with Gasteiger partial charge in [0.25, 0.3) is 0 Å². The zero-order valence-electron chi connectivity index (χ0n) is 10.0. The molecule has 0 fully saturated rings. The van der Waals surface area contributed by atoms with Crippen LogP contribution in [0, 0.1) is 0 Å². The Hall–Kier alpha value is -0.450. The van der Waals surface area contributed by atoms with Gasteiger partial charge in [0.15, 0.2) is 0 Å². The summed E-state index contributed by atoms with van der Waals surface area (Å²) in [6.45, 7) is 2.82. The lowest BCUT2D eigenvalue weighted by atomic mass is 9.91. The van der Waals surface area contributed by atoms with E-state index in [1.165, 1.54) is 34.8 Å². The van der Waals surface area contributed by atoms with Gasteiger partial charge < -0.3 is 10.5 Å². The van der Waals surface area contributed by atoms with Crippen LogP contribution >= 0.6 is 11.3 Å². The number of rotatable bonds is 4. The second-order valence-electron chi connectivity index (χ2n) is 4.49. The summed E-state index contributed by atoms with van der Waals surface area (Å²) >= 11 is 1.85. The largest absolute Gasteiger partial charge is 0.381 e. The van der Waals surface area contributed by atoms with Gasteiger partial charge >= 0.3 is 0 Å². The topological polar surface area (TPSA) is 48.1 Å². The highest BCUT2D eigenvalue weighted by Gasteiger charge is 2.23.